The van der Waals surface area contributed by atoms with Crippen LogP contribution >= 0.6 is 11.8 Å². The van der Waals surface area contributed by atoms with Gasteiger partial charge in [-0.25, -0.2) is 9.97 Å². The number of hydrogen-bond acceptors (Lipinski definition) is 5. The first kappa shape index (κ1) is 13.0. The second-order valence-corrected chi connectivity index (χ2v) is 4.94. The molecular weight excluding hydrogens is 246 g/mol. The summed E-state index contributed by atoms with van der Waals surface area (Å²) in [5, 5.41) is 11.9. The summed E-state index contributed by atoms with van der Waals surface area (Å²) in [7, 11) is 0. The zero-order chi connectivity index (χ0) is 12.8. The topological polar surface area (TPSA) is 66.5 Å². The standard InChI is InChI=1S/C12H17N5S/c1-3-6-13-9(2)10-5-4-7-14-11(10)18-12-15-8-16-17-12/h4-5,7-9,13H,3,6H2,1-2H3,(H,15,16,17). The van der Waals surface area contributed by atoms with Gasteiger partial charge in [0.2, 0.25) is 0 Å². The maximum Gasteiger partial charge on any atom is 0.189 e. The highest BCUT2D eigenvalue weighted by Gasteiger charge is 2.12. The zero-order valence-corrected chi connectivity index (χ0v) is 11.4. The molecule has 0 aliphatic rings. The van der Waals surface area contributed by atoms with Crippen molar-refractivity contribution in [2.24, 2.45) is 0 Å². The van der Waals surface area contributed by atoms with E-state index in [1.807, 2.05) is 6.07 Å². The highest BCUT2D eigenvalue weighted by Crippen LogP contribution is 2.28. The minimum atomic E-state index is 0.282. The molecule has 1 unspecified atom stereocenters. The maximum atomic E-state index is 4.42. The van der Waals surface area contributed by atoms with Crippen LogP contribution in [0.2, 0.25) is 0 Å². The van der Waals surface area contributed by atoms with E-state index in [-0.39, 0.29) is 6.04 Å². The summed E-state index contributed by atoms with van der Waals surface area (Å²) >= 11 is 1.50. The van der Waals surface area contributed by atoms with Crippen LogP contribution in [0.1, 0.15) is 31.9 Å². The first-order valence-corrected chi connectivity index (χ1v) is 6.84. The van der Waals surface area contributed by atoms with Gasteiger partial charge in [0, 0.05) is 17.8 Å². The van der Waals surface area contributed by atoms with Gasteiger partial charge in [-0.15, -0.1) is 0 Å². The molecule has 2 N–H and O–H groups in total. The van der Waals surface area contributed by atoms with Crippen molar-refractivity contribution in [3.63, 3.8) is 0 Å². The molecule has 18 heavy (non-hydrogen) atoms. The zero-order valence-electron chi connectivity index (χ0n) is 10.6. The van der Waals surface area contributed by atoms with Crippen molar-refractivity contribution in [2.75, 3.05) is 6.54 Å². The molecular formula is C12H17N5S. The second-order valence-electron chi connectivity index (χ2n) is 3.97. The van der Waals surface area contributed by atoms with Crippen LogP contribution in [-0.2, 0) is 0 Å². The average molecular weight is 263 g/mol. The van der Waals surface area contributed by atoms with Crippen molar-refractivity contribution in [2.45, 2.75) is 36.5 Å². The van der Waals surface area contributed by atoms with Crippen LogP contribution in [0.15, 0.2) is 34.8 Å². The van der Waals surface area contributed by atoms with Crippen LogP contribution in [0, 0.1) is 0 Å². The normalized spacial score (nSPS) is 12.6. The molecule has 0 aliphatic carbocycles. The van der Waals surface area contributed by atoms with E-state index in [0.29, 0.717) is 0 Å². The summed E-state index contributed by atoms with van der Waals surface area (Å²) in [4.78, 5) is 8.53. The predicted molar refractivity (Wildman–Crippen MR) is 71.5 cm³/mol. The Morgan fingerprint density at radius 1 is 1.44 bits per heavy atom. The Morgan fingerprint density at radius 2 is 2.33 bits per heavy atom. The van der Waals surface area contributed by atoms with E-state index in [1.165, 1.54) is 23.7 Å². The minimum absolute atomic E-state index is 0.282. The van der Waals surface area contributed by atoms with E-state index in [9.17, 15) is 0 Å². The summed E-state index contributed by atoms with van der Waals surface area (Å²) in [6.07, 6.45) is 4.42. The van der Waals surface area contributed by atoms with Gasteiger partial charge in [-0.1, -0.05) is 13.0 Å². The Balaban J connectivity index is 2.14. The molecule has 5 nitrogen and oxygen atoms in total. The number of rotatable bonds is 6. The van der Waals surface area contributed by atoms with Crippen LogP contribution in [0.4, 0.5) is 0 Å². The molecule has 0 aromatic carbocycles. The molecule has 2 heterocycles. The lowest BCUT2D eigenvalue weighted by Crippen LogP contribution is -2.20. The SMILES string of the molecule is CCCNC(C)c1cccnc1Sc1ncn[nH]1. The number of aromatic nitrogens is 4. The van der Waals surface area contributed by atoms with Gasteiger partial charge in [0.05, 0.1) is 0 Å². The van der Waals surface area contributed by atoms with Crippen LogP contribution in [0.5, 0.6) is 0 Å². The van der Waals surface area contributed by atoms with Crippen molar-refractivity contribution in [3.8, 4) is 0 Å². The van der Waals surface area contributed by atoms with Crippen LogP contribution < -0.4 is 5.32 Å². The van der Waals surface area contributed by atoms with E-state index in [1.54, 1.807) is 6.20 Å². The van der Waals surface area contributed by atoms with Crippen molar-refractivity contribution < 1.29 is 0 Å². The van der Waals surface area contributed by atoms with Crippen molar-refractivity contribution in [3.05, 3.63) is 30.2 Å². The number of aromatic amines is 1. The Kier molecular flexibility index (Phi) is 4.72. The van der Waals surface area contributed by atoms with E-state index in [0.717, 1.165) is 23.1 Å². The molecule has 2 rings (SSSR count). The molecule has 0 fully saturated rings. The van der Waals surface area contributed by atoms with E-state index in [4.69, 9.17) is 0 Å². The fraction of sp³-hybridized carbons (Fsp3) is 0.417. The van der Waals surface area contributed by atoms with E-state index < -0.39 is 0 Å². The molecule has 6 heteroatoms. The number of H-pyrrole nitrogens is 1. The van der Waals surface area contributed by atoms with Gasteiger partial charge in [0.15, 0.2) is 5.16 Å². The van der Waals surface area contributed by atoms with Gasteiger partial charge in [-0.05, 0) is 37.7 Å². The molecule has 96 valence electrons. The third-order valence-electron chi connectivity index (χ3n) is 2.55. The predicted octanol–water partition coefficient (Wildman–Crippen LogP) is 2.41. The monoisotopic (exact) mass is 263 g/mol. The highest BCUT2D eigenvalue weighted by atomic mass is 32.2. The summed E-state index contributed by atoms with van der Waals surface area (Å²) in [5.41, 5.74) is 1.19. The Morgan fingerprint density at radius 3 is 3.06 bits per heavy atom. The number of hydrogen-bond donors (Lipinski definition) is 2. The Bertz CT molecular complexity index is 471. The lowest BCUT2D eigenvalue weighted by molar-refractivity contribution is 0.560. The first-order chi connectivity index (χ1) is 8.81. The van der Waals surface area contributed by atoms with Crippen LogP contribution in [0.25, 0.3) is 0 Å². The lowest BCUT2D eigenvalue weighted by atomic mass is 10.1. The Labute approximate surface area is 111 Å². The molecule has 0 radical (unpaired) electrons. The summed E-state index contributed by atoms with van der Waals surface area (Å²) < 4.78 is 0. The van der Waals surface area contributed by atoms with Crippen molar-refractivity contribution in [1.29, 1.82) is 0 Å². The quantitative estimate of drug-likeness (QED) is 0.837. The van der Waals surface area contributed by atoms with Crippen LogP contribution in [0.3, 0.4) is 0 Å². The van der Waals surface area contributed by atoms with Gasteiger partial charge in [-0.3, -0.25) is 5.10 Å². The molecule has 2 aromatic heterocycles. The smallest absolute Gasteiger partial charge is 0.189 e. The second kappa shape index (κ2) is 6.51. The van der Waals surface area contributed by atoms with E-state index >= 15 is 0 Å². The summed E-state index contributed by atoms with van der Waals surface area (Å²) in [6.45, 7) is 5.31. The molecule has 0 spiro atoms. The van der Waals surface area contributed by atoms with Crippen molar-refractivity contribution >= 4 is 11.8 Å². The fourth-order valence-corrected chi connectivity index (χ4v) is 2.48. The molecule has 0 amide bonds. The Hall–Kier alpha value is -1.40. The van der Waals surface area contributed by atoms with Gasteiger partial charge in [-0.2, -0.15) is 5.10 Å². The van der Waals surface area contributed by atoms with Gasteiger partial charge < -0.3 is 5.32 Å². The highest BCUT2D eigenvalue weighted by molar-refractivity contribution is 7.99. The molecule has 2 aromatic rings. The van der Waals surface area contributed by atoms with Gasteiger partial charge in [0.25, 0.3) is 0 Å². The summed E-state index contributed by atoms with van der Waals surface area (Å²) in [5.74, 6) is 0. The largest absolute Gasteiger partial charge is 0.310 e. The van der Waals surface area contributed by atoms with Gasteiger partial charge >= 0.3 is 0 Å². The first-order valence-electron chi connectivity index (χ1n) is 6.02. The maximum absolute atomic E-state index is 4.42. The van der Waals surface area contributed by atoms with Crippen LogP contribution in [-0.4, -0.2) is 26.7 Å². The third-order valence-corrected chi connectivity index (χ3v) is 3.48. The molecule has 0 saturated carbocycles. The van der Waals surface area contributed by atoms with Crippen molar-refractivity contribution in [1.82, 2.24) is 25.5 Å². The number of nitrogens with zero attached hydrogens (tertiary/aromatic N) is 3. The molecule has 0 aliphatic heterocycles. The molecule has 1 atom stereocenters. The fourth-order valence-electron chi connectivity index (χ4n) is 1.62. The van der Waals surface area contributed by atoms with Gasteiger partial charge in [0.1, 0.15) is 11.4 Å². The van der Waals surface area contributed by atoms with E-state index in [2.05, 4.69) is 45.4 Å². The average Bonchev–Trinajstić information content (AvgIpc) is 2.89. The molecule has 0 saturated heterocycles. The number of nitrogens with one attached hydrogen (secondary N) is 2. The number of pyridine rings is 1. The minimum Gasteiger partial charge on any atom is -0.310 e. The lowest BCUT2D eigenvalue weighted by Gasteiger charge is -2.15. The third kappa shape index (κ3) is 3.30. The molecule has 0 bridgehead atoms. The summed E-state index contributed by atoms with van der Waals surface area (Å²) in [6, 6.07) is 4.34.